The molecule has 1 unspecified atom stereocenters. The molecule has 1 fully saturated rings. The summed E-state index contributed by atoms with van der Waals surface area (Å²) < 4.78 is 5.28. The molecule has 0 saturated carbocycles. The third-order valence-corrected chi connectivity index (χ3v) is 4.20. The van der Waals surface area contributed by atoms with Gasteiger partial charge in [-0.3, -0.25) is 4.90 Å². The van der Waals surface area contributed by atoms with E-state index in [4.69, 9.17) is 10.5 Å². The Morgan fingerprint density at radius 3 is 2.62 bits per heavy atom. The first kappa shape index (κ1) is 16.1. The van der Waals surface area contributed by atoms with E-state index in [2.05, 4.69) is 21.9 Å². The third kappa shape index (κ3) is 4.59. The average molecular weight is 293 g/mol. The topological polar surface area (TPSA) is 62.0 Å². The van der Waals surface area contributed by atoms with E-state index >= 15 is 0 Å². The first-order valence-electron chi connectivity index (χ1n) is 7.58. The zero-order valence-corrected chi connectivity index (χ0v) is 13.1. The predicted octanol–water partition coefficient (Wildman–Crippen LogP) is 0.917. The molecule has 0 amide bonds. The van der Waals surface area contributed by atoms with Crippen molar-refractivity contribution >= 4 is 5.69 Å². The van der Waals surface area contributed by atoms with Crippen LogP contribution in [0.1, 0.15) is 13.3 Å². The van der Waals surface area contributed by atoms with Crippen LogP contribution in [0.15, 0.2) is 24.3 Å². The molecule has 1 aliphatic heterocycles. The number of benzene rings is 1. The van der Waals surface area contributed by atoms with Gasteiger partial charge < -0.3 is 20.5 Å². The van der Waals surface area contributed by atoms with Crippen LogP contribution in [-0.4, -0.2) is 62.0 Å². The Hall–Kier alpha value is -1.30. The summed E-state index contributed by atoms with van der Waals surface area (Å²) in [7, 11) is 1.69. The number of hydrogen-bond donors (Lipinski definition) is 2. The number of ether oxygens (including phenoxy) is 1. The first-order chi connectivity index (χ1) is 10.0. The van der Waals surface area contributed by atoms with Crippen molar-refractivity contribution in [2.75, 3.05) is 51.3 Å². The van der Waals surface area contributed by atoms with Gasteiger partial charge in [-0.2, -0.15) is 0 Å². The van der Waals surface area contributed by atoms with Crippen molar-refractivity contribution in [3.8, 4) is 5.75 Å². The van der Waals surface area contributed by atoms with Crippen LogP contribution in [0.4, 0.5) is 5.69 Å². The van der Waals surface area contributed by atoms with Crippen LogP contribution < -0.4 is 15.4 Å². The van der Waals surface area contributed by atoms with Gasteiger partial charge in [-0.05, 0) is 25.5 Å². The van der Waals surface area contributed by atoms with Gasteiger partial charge in [0.05, 0.1) is 12.7 Å². The van der Waals surface area contributed by atoms with Gasteiger partial charge in [-0.15, -0.1) is 0 Å². The normalized spacial score (nSPS) is 19.3. The van der Waals surface area contributed by atoms with Gasteiger partial charge in [0, 0.05) is 51.0 Å². The summed E-state index contributed by atoms with van der Waals surface area (Å²) in [5.74, 6) is 0.897. The Morgan fingerprint density at radius 1 is 1.29 bits per heavy atom. The number of anilines is 1. The van der Waals surface area contributed by atoms with Crippen LogP contribution in [0.5, 0.6) is 5.75 Å². The SMILES string of the molecule is COc1cccc(N2CCN(CCC(C)(O)CN)CC2)c1. The van der Waals surface area contributed by atoms with E-state index in [1.54, 1.807) is 14.0 Å². The molecule has 1 aromatic carbocycles. The fraction of sp³-hybridized carbons (Fsp3) is 0.625. The van der Waals surface area contributed by atoms with Gasteiger partial charge in [0.25, 0.3) is 0 Å². The first-order valence-corrected chi connectivity index (χ1v) is 7.58. The highest BCUT2D eigenvalue weighted by Gasteiger charge is 2.22. The summed E-state index contributed by atoms with van der Waals surface area (Å²) in [4.78, 5) is 4.76. The second kappa shape index (κ2) is 7.11. The van der Waals surface area contributed by atoms with Crippen molar-refractivity contribution < 1.29 is 9.84 Å². The second-order valence-corrected chi connectivity index (χ2v) is 5.98. The highest BCUT2D eigenvalue weighted by atomic mass is 16.5. The van der Waals surface area contributed by atoms with Crippen molar-refractivity contribution in [3.63, 3.8) is 0 Å². The average Bonchev–Trinajstić information content (AvgIpc) is 2.53. The van der Waals surface area contributed by atoms with E-state index < -0.39 is 5.60 Å². The lowest BCUT2D eigenvalue weighted by Crippen LogP contribution is -2.48. The van der Waals surface area contributed by atoms with Gasteiger partial charge in [0.15, 0.2) is 0 Å². The Bertz CT molecular complexity index is 443. The molecule has 0 radical (unpaired) electrons. The van der Waals surface area contributed by atoms with Crippen LogP contribution in [0.3, 0.4) is 0 Å². The van der Waals surface area contributed by atoms with Crippen molar-refractivity contribution in [3.05, 3.63) is 24.3 Å². The number of hydrogen-bond acceptors (Lipinski definition) is 5. The van der Waals surface area contributed by atoms with E-state index in [0.717, 1.165) is 44.9 Å². The minimum Gasteiger partial charge on any atom is -0.497 e. The van der Waals surface area contributed by atoms with Gasteiger partial charge in [-0.1, -0.05) is 6.07 Å². The summed E-state index contributed by atoms with van der Waals surface area (Å²) >= 11 is 0. The fourth-order valence-electron chi connectivity index (χ4n) is 2.54. The molecule has 1 aliphatic rings. The predicted molar refractivity (Wildman–Crippen MR) is 85.9 cm³/mol. The van der Waals surface area contributed by atoms with Crippen LogP contribution in [0.25, 0.3) is 0 Å². The molecule has 1 saturated heterocycles. The van der Waals surface area contributed by atoms with E-state index in [9.17, 15) is 5.11 Å². The van der Waals surface area contributed by atoms with Crippen molar-refractivity contribution in [2.24, 2.45) is 5.73 Å². The highest BCUT2D eigenvalue weighted by Crippen LogP contribution is 2.22. The quantitative estimate of drug-likeness (QED) is 0.816. The summed E-state index contributed by atoms with van der Waals surface area (Å²) in [5.41, 5.74) is 6.02. The number of rotatable bonds is 6. The molecule has 118 valence electrons. The Labute approximate surface area is 127 Å². The molecule has 0 bridgehead atoms. The molecule has 1 aromatic rings. The lowest BCUT2D eigenvalue weighted by atomic mass is 10.0. The molecule has 21 heavy (non-hydrogen) atoms. The summed E-state index contributed by atoms with van der Waals surface area (Å²) in [6.45, 7) is 7.04. The lowest BCUT2D eigenvalue weighted by molar-refractivity contribution is 0.0470. The standard InChI is InChI=1S/C16H27N3O2/c1-16(20,13-17)6-7-18-8-10-19(11-9-18)14-4-3-5-15(12-14)21-2/h3-5,12,20H,6-11,13,17H2,1-2H3. The van der Waals surface area contributed by atoms with E-state index in [1.807, 2.05) is 12.1 Å². The Morgan fingerprint density at radius 2 is 2.00 bits per heavy atom. The number of methoxy groups -OCH3 is 1. The summed E-state index contributed by atoms with van der Waals surface area (Å²) in [6, 6.07) is 8.19. The molecular weight excluding hydrogens is 266 g/mol. The van der Waals surface area contributed by atoms with Crippen LogP contribution in [-0.2, 0) is 0 Å². The molecule has 0 aromatic heterocycles. The maximum absolute atomic E-state index is 9.97. The van der Waals surface area contributed by atoms with E-state index in [1.165, 1.54) is 5.69 Å². The number of nitrogens with zero attached hydrogens (tertiary/aromatic N) is 2. The van der Waals surface area contributed by atoms with Gasteiger partial charge >= 0.3 is 0 Å². The maximum Gasteiger partial charge on any atom is 0.120 e. The zero-order chi connectivity index (χ0) is 15.3. The largest absolute Gasteiger partial charge is 0.497 e. The van der Waals surface area contributed by atoms with Crippen molar-refractivity contribution in [2.45, 2.75) is 18.9 Å². The van der Waals surface area contributed by atoms with Crippen molar-refractivity contribution in [1.29, 1.82) is 0 Å². The maximum atomic E-state index is 9.97. The van der Waals surface area contributed by atoms with E-state index in [0.29, 0.717) is 6.54 Å². The van der Waals surface area contributed by atoms with Crippen molar-refractivity contribution in [1.82, 2.24) is 4.90 Å². The molecule has 5 heteroatoms. The van der Waals surface area contributed by atoms with Gasteiger partial charge in [0.1, 0.15) is 5.75 Å². The number of nitrogens with two attached hydrogens (primary N) is 1. The fourth-order valence-corrected chi connectivity index (χ4v) is 2.54. The Balaban J connectivity index is 1.82. The minimum atomic E-state index is -0.746. The van der Waals surface area contributed by atoms with Gasteiger partial charge in [-0.25, -0.2) is 0 Å². The third-order valence-electron chi connectivity index (χ3n) is 4.20. The molecule has 2 rings (SSSR count). The summed E-state index contributed by atoms with van der Waals surface area (Å²) in [5, 5.41) is 9.97. The smallest absolute Gasteiger partial charge is 0.120 e. The Kier molecular flexibility index (Phi) is 5.45. The summed E-state index contributed by atoms with van der Waals surface area (Å²) in [6.07, 6.45) is 0.725. The van der Waals surface area contributed by atoms with Crippen LogP contribution in [0, 0.1) is 0 Å². The van der Waals surface area contributed by atoms with Crippen LogP contribution in [0.2, 0.25) is 0 Å². The minimum absolute atomic E-state index is 0.316. The molecule has 1 heterocycles. The lowest BCUT2D eigenvalue weighted by Gasteiger charge is -2.37. The molecule has 3 N–H and O–H groups in total. The molecule has 1 atom stereocenters. The second-order valence-electron chi connectivity index (χ2n) is 5.98. The number of aliphatic hydroxyl groups is 1. The number of piperazine rings is 1. The zero-order valence-electron chi connectivity index (χ0n) is 13.1. The molecular formula is C16H27N3O2. The highest BCUT2D eigenvalue weighted by molar-refractivity contribution is 5.51. The molecule has 5 nitrogen and oxygen atoms in total. The molecule has 0 spiro atoms. The van der Waals surface area contributed by atoms with Gasteiger partial charge in [0.2, 0.25) is 0 Å². The monoisotopic (exact) mass is 293 g/mol. The van der Waals surface area contributed by atoms with Crippen LogP contribution >= 0.6 is 0 Å². The molecule has 0 aliphatic carbocycles. The van der Waals surface area contributed by atoms with E-state index in [-0.39, 0.29) is 0 Å².